The van der Waals surface area contributed by atoms with Gasteiger partial charge in [-0.25, -0.2) is 0 Å². The molecule has 2 aromatic rings. The van der Waals surface area contributed by atoms with Crippen LogP contribution in [-0.4, -0.2) is 60.6 Å². The highest BCUT2D eigenvalue weighted by Crippen LogP contribution is 2.21. The fourth-order valence-electron chi connectivity index (χ4n) is 5.82. The van der Waals surface area contributed by atoms with Crippen molar-refractivity contribution in [3.8, 4) is 0 Å². The molecule has 7 heteroatoms. The van der Waals surface area contributed by atoms with E-state index in [0.717, 1.165) is 67.7 Å². The maximum absolute atomic E-state index is 13.5. The number of ether oxygens (including phenoxy) is 1. The van der Waals surface area contributed by atoms with Gasteiger partial charge in [0.1, 0.15) is 11.8 Å². The highest BCUT2D eigenvalue weighted by Gasteiger charge is 2.31. The zero-order valence-corrected chi connectivity index (χ0v) is 23.7. The summed E-state index contributed by atoms with van der Waals surface area (Å²) < 4.78 is 5.88. The van der Waals surface area contributed by atoms with Crippen molar-refractivity contribution < 1.29 is 23.9 Å². The molecule has 40 heavy (non-hydrogen) atoms. The summed E-state index contributed by atoms with van der Waals surface area (Å²) >= 11 is 0. The Morgan fingerprint density at radius 3 is 2.42 bits per heavy atom. The van der Waals surface area contributed by atoms with Gasteiger partial charge >= 0.3 is 0 Å². The molecule has 2 atom stereocenters. The molecule has 2 aromatic carbocycles. The van der Waals surface area contributed by atoms with Crippen molar-refractivity contribution in [2.24, 2.45) is 5.92 Å². The number of Topliss-reactive ketones (excluding diaryl/α,β-unsaturated/α-hetero) is 2. The minimum atomic E-state index is -0.810. The summed E-state index contributed by atoms with van der Waals surface area (Å²) in [6.07, 6.45) is 9.10. The second-order valence-electron chi connectivity index (χ2n) is 11.3. The summed E-state index contributed by atoms with van der Waals surface area (Å²) in [4.78, 5) is 54.5. The Morgan fingerprint density at radius 1 is 0.875 bits per heavy atom. The van der Waals surface area contributed by atoms with Gasteiger partial charge in [-0.1, -0.05) is 68.1 Å². The number of aryl methyl sites for hydroxylation is 1. The Morgan fingerprint density at radius 2 is 1.60 bits per heavy atom. The Kier molecular flexibility index (Phi) is 11.7. The van der Waals surface area contributed by atoms with Crippen molar-refractivity contribution >= 4 is 34.2 Å². The number of nitrogens with zero attached hydrogens (tertiary/aromatic N) is 1. The number of ketones is 2. The molecule has 2 fully saturated rings. The van der Waals surface area contributed by atoms with Crippen molar-refractivity contribution in [1.29, 1.82) is 0 Å². The van der Waals surface area contributed by atoms with E-state index in [0.29, 0.717) is 32.5 Å². The van der Waals surface area contributed by atoms with Crippen LogP contribution >= 0.6 is 0 Å². The van der Waals surface area contributed by atoms with E-state index >= 15 is 0 Å². The number of fused-ring (bicyclic) bond motifs is 1. The van der Waals surface area contributed by atoms with Crippen LogP contribution in [0.1, 0.15) is 82.6 Å². The van der Waals surface area contributed by atoms with Crippen LogP contribution in [0.4, 0.5) is 0 Å². The molecule has 1 N–H and O–H groups in total. The first-order valence-electron chi connectivity index (χ1n) is 15.2. The molecular formula is C33H44N2O5. The number of benzene rings is 2. The van der Waals surface area contributed by atoms with E-state index in [-0.39, 0.29) is 43.3 Å². The molecule has 2 aliphatic heterocycles. The van der Waals surface area contributed by atoms with Crippen LogP contribution < -0.4 is 5.32 Å². The van der Waals surface area contributed by atoms with Gasteiger partial charge in [0.15, 0.2) is 5.78 Å². The van der Waals surface area contributed by atoms with E-state index in [9.17, 15) is 19.2 Å². The van der Waals surface area contributed by atoms with Crippen molar-refractivity contribution in [3.05, 3.63) is 48.0 Å². The van der Waals surface area contributed by atoms with Gasteiger partial charge in [-0.15, -0.1) is 0 Å². The van der Waals surface area contributed by atoms with Crippen molar-refractivity contribution in [3.63, 3.8) is 0 Å². The van der Waals surface area contributed by atoms with Gasteiger partial charge in [0.2, 0.25) is 11.8 Å². The van der Waals surface area contributed by atoms with Crippen LogP contribution in [0, 0.1) is 5.92 Å². The minimum absolute atomic E-state index is 0.00462. The van der Waals surface area contributed by atoms with Gasteiger partial charge in [0, 0.05) is 45.4 Å². The summed E-state index contributed by atoms with van der Waals surface area (Å²) in [5.41, 5.74) is 1.09. The second kappa shape index (κ2) is 15.7. The highest BCUT2D eigenvalue weighted by molar-refractivity contribution is 5.94. The molecule has 0 saturated carbocycles. The number of rotatable bonds is 6. The summed E-state index contributed by atoms with van der Waals surface area (Å²) in [7, 11) is 0. The predicted octanol–water partition coefficient (Wildman–Crippen LogP) is 5.18. The average Bonchev–Trinajstić information content (AvgIpc) is 3.50. The maximum atomic E-state index is 13.5. The van der Waals surface area contributed by atoms with Gasteiger partial charge in [-0.05, 0) is 48.4 Å². The third-order valence-corrected chi connectivity index (χ3v) is 8.23. The lowest BCUT2D eigenvalue weighted by Crippen LogP contribution is -2.47. The molecule has 0 unspecified atom stereocenters. The molecule has 0 aliphatic carbocycles. The van der Waals surface area contributed by atoms with Gasteiger partial charge in [0.25, 0.3) is 0 Å². The smallest absolute Gasteiger partial charge is 0.224 e. The number of likely N-dealkylation sites (tertiary alicyclic amines) is 1. The summed E-state index contributed by atoms with van der Waals surface area (Å²) in [6.45, 7) is 2.04. The van der Waals surface area contributed by atoms with Crippen molar-refractivity contribution in [1.82, 2.24) is 10.2 Å². The largest absolute Gasteiger partial charge is 0.379 e. The first-order valence-corrected chi connectivity index (χ1v) is 15.2. The van der Waals surface area contributed by atoms with Crippen LogP contribution in [-0.2, 0) is 30.3 Å². The number of hydrogen-bond donors (Lipinski definition) is 1. The lowest BCUT2D eigenvalue weighted by molar-refractivity contribution is -0.138. The molecular weight excluding hydrogens is 504 g/mol. The van der Waals surface area contributed by atoms with Crippen LogP contribution in [0.3, 0.4) is 0 Å². The number of hydrogen-bond acceptors (Lipinski definition) is 5. The number of nitrogens with one attached hydrogen (secondary N) is 1. The fourth-order valence-corrected chi connectivity index (χ4v) is 5.82. The highest BCUT2D eigenvalue weighted by atomic mass is 16.5. The summed E-state index contributed by atoms with van der Waals surface area (Å²) in [5, 5.41) is 5.15. The zero-order valence-electron chi connectivity index (χ0n) is 23.7. The number of carbonyl (C=O) groups excluding carboxylic acids is 4. The van der Waals surface area contributed by atoms with E-state index in [4.69, 9.17) is 4.74 Å². The van der Waals surface area contributed by atoms with E-state index in [1.807, 2.05) is 24.3 Å². The summed E-state index contributed by atoms with van der Waals surface area (Å²) in [6, 6.07) is 13.4. The van der Waals surface area contributed by atoms with E-state index in [1.54, 1.807) is 4.90 Å². The minimum Gasteiger partial charge on any atom is -0.379 e. The van der Waals surface area contributed by atoms with Crippen LogP contribution in [0.2, 0.25) is 0 Å². The Hall–Kier alpha value is -3.06. The lowest BCUT2D eigenvalue weighted by Gasteiger charge is -2.24. The molecule has 0 bridgehead atoms. The quantitative estimate of drug-likeness (QED) is 0.537. The SMILES string of the molecule is O=C1CCCCCCCCOC[C@@H](C(=O)CCc2cccc3ccccc23)NC(=O)[C@H](CC(=O)N2CCCC2)C1. The Balaban J connectivity index is 1.46. The van der Waals surface area contributed by atoms with E-state index < -0.39 is 17.9 Å². The van der Waals surface area contributed by atoms with Crippen molar-refractivity contribution in [2.75, 3.05) is 26.3 Å². The van der Waals surface area contributed by atoms with Crippen LogP contribution in [0.15, 0.2) is 42.5 Å². The third kappa shape index (κ3) is 8.98. The Labute approximate surface area is 238 Å². The first-order chi connectivity index (χ1) is 19.5. The summed E-state index contributed by atoms with van der Waals surface area (Å²) in [5.74, 6) is -1.35. The predicted molar refractivity (Wildman–Crippen MR) is 156 cm³/mol. The molecule has 2 heterocycles. The molecule has 2 saturated heterocycles. The lowest BCUT2D eigenvalue weighted by atomic mass is 9.93. The first kappa shape index (κ1) is 29.9. The molecule has 2 amide bonds. The maximum Gasteiger partial charge on any atom is 0.224 e. The topological polar surface area (TPSA) is 92.8 Å². The van der Waals surface area contributed by atoms with Gasteiger partial charge < -0.3 is 15.0 Å². The molecule has 2 aliphatic rings. The molecule has 0 radical (unpaired) electrons. The monoisotopic (exact) mass is 548 g/mol. The average molecular weight is 549 g/mol. The molecule has 0 spiro atoms. The number of carbonyl (C=O) groups is 4. The van der Waals surface area contributed by atoms with Crippen molar-refractivity contribution in [2.45, 2.75) is 89.5 Å². The zero-order chi connectivity index (χ0) is 28.2. The van der Waals surface area contributed by atoms with Gasteiger partial charge in [-0.3, -0.25) is 19.2 Å². The standard InChI is InChI=1S/C33H44N2O5/c36-28-15-5-3-1-2-4-10-21-40-24-30(34-33(39)27(22-28)23-32(38)35-19-8-9-20-35)31(37)18-17-26-14-11-13-25-12-6-7-16-29(25)26/h6-7,11-14,16,27,30H,1-5,8-10,15,17-24H2,(H,34,39)/t27-,30-/m0/s1. The number of amides is 2. The van der Waals surface area contributed by atoms with Gasteiger partial charge in [0.05, 0.1) is 12.5 Å². The van der Waals surface area contributed by atoms with Crippen LogP contribution in [0.5, 0.6) is 0 Å². The van der Waals surface area contributed by atoms with Gasteiger partial charge in [-0.2, -0.15) is 0 Å². The molecule has 216 valence electrons. The molecule has 4 rings (SSSR count). The molecule has 0 aromatic heterocycles. The normalized spacial score (nSPS) is 22.2. The molecule has 7 nitrogen and oxygen atoms in total. The third-order valence-electron chi connectivity index (χ3n) is 8.23. The van der Waals surface area contributed by atoms with Crippen LogP contribution in [0.25, 0.3) is 10.8 Å². The van der Waals surface area contributed by atoms with E-state index in [1.165, 1.54) is 0 Å². The Bertz CT molecular complexity index is 1150. The second-order valence-corrected chi connectivity index (χ2v) is 11.3. The fraction of sp³-hybridized carbons (Fsp3) is 0.576. The van der Waals surface area contributed by atoms with E-state index in [2.05, 4.69) is 23.5 Å².